The molecule has 0 fully saturated rings. The second-order valence-electron chi connectivity index (χ2n) is 4.27. The molecule has 0 aliphatic heterocycles. The van der Waals surface area contributed by atoms with Gasteiger partial charge in [-0.05, 0) is 19.3 Å². The molecule has 0 bridgehead atoms. The summed E-state index contributed by atoms with van der Waals surface area (Å²) in [5.74, 6) is -0.111. The molecule has 0 amide bonds. The van der Waals surface area contributed by atoms with E-state index in [1.165, 1.54) is 26.4 Å². The molecule has 0 saturated heterocycles. The molecule has 17 heavy (non-hydrogen) atoms. The van der Waals surface area contributed by atoms with E-state index in [-0.39, 0.29) is 5.97 Å². The maximum atomic E-state index is 10.8. The predicted molar refractivity (Wildman–Crippen MR) is 68.3 cm³/mol. The number of unbranched alkanes of at least 4 members (excludes halogenated alkanes) is 6. The van der Waals surface area contributed by atoms with Crippen molar-refractivity contribution < 1.29 is 9.53 Å². The Morgan fingerprint density at radius 1 is 1.06 bits per heavy atom. The number of allylic oxidation sites excluding steroid dienone is 1. The molecule has 0 rings (SSSR count). The van der Waals surface area contributed by atoms with E-state index < -0.39 is 0 Å². The largest absolute Gasteiger partial charge is 0.469 e. The lowest BCUT2D eigenvalue weighted by Gasteiger charge is -2.01. The molecule has 0 saturated carbocycles. The fraction of sp³-hybridized carbons (Fsp3) is 0.714. The molecular weight excluding hydrogens is 214 g/mol. The Labute approximate surface area is 104 Å². The van der Waals surface area contributed by atoms with Crippen molar-refractivity contribution in [3.8, 4) is 6.07 Å². The van der Waals surface area contributed by atoms with E-state index in [0.717, 1.165) is 32.1 Å². The van der Waals surface area contributed by atoms with Crippen LogP contribution in [0.25, 0.3) is 0 Å². The number of hydrogen-bond donors (Lipinski definition) is 0. The van der Waals surface area contributed by atoms with E-state index in [1.54, 1.807) is 0 Å². The number of methoxy groups -OCH3 is 1. The van der Waals surface area contributed by atoms with Crippen molar-refractivity contribution in [2.75, 3.05) is 7.11 Å². The third kappa shape index (κ3) is 11.0. The van der Waals surface area contributed by atoms with Gasteiger partial charge in [0.1, 0.15) is 0 Å². The molecule has 0 aliphatic rings. The molecule has 0 aromatic heterocycles. The van der Waals surface area contributed by atoms with Gasteiger partial charge in [0.25, 0.3) is 0 Å². The molecule has 0 heterocycles. The SMILES string of the molecule is C=C(C#N)CCCCCCCCCC(=O)OC. The molecule has 0 aromatic rings. The van der Waals surface area contributed by atoms with Crippen LogP contribution in [0.5, 0.6) is 0 Å². The van der Waals surface area contributed by atoms with Gasteiger partial charge in [-0.2, -0.15) is 5.26 Å². The first kappa shape index (κ1) is 15.7. The molecule has 0 atom stereocenters. The van der Waals surface area contributed by atoms with Crippen LogP contribution in [0.3, 0.4) is 0 Å². The highest BCUT2D eigenvalue weighted by molar-refractivity contribution is 5.68. The third-order valence-electron chi connectivity index (χ3n) is 2.75. The predicted octanol–water partition coefficient (Wildman–Crippen LogP) is 3.75. The minimum Gasteiger partial charge on any atom is -0.469 e. The van der Waals surface area contributed by atoms with Gasteiger partial charge in [-0.3, -0.25) is 4.79 Å². The van der Waals surface area contributed by atoms with Gasteiger partial charge < -0.3 is 4.74 Å². The number of rotatable bonds is 10. The maximum absolute atomic E-state index is 10.8. The number of nitrogens with zero attached hydrogens (tertiary/aromatic N) is 1. The van der Waals surface area contributed by atoms with E-state index in [9.17, 15) is 4.79 Å². The summed E-state index contributed by atoms with van der Waals surface area (Å²) in [6.45, 7) is 3.65. The molecule has 0 N–H and O–H groups in total. The summed E-state index contributed by atoms with van der Waals surface area (Å²) in [6.07, 6.45) is 9.22. The summed E-state index contributed by atoms with van der Waals surface area (Å²) in [5.41, 5.74) is 0.683. The highest BCUT2D eigenvalue weighted by Crippen LogP contribution is 2.11. The summed E-state index contributed by atoms with van der Waals surface area (Å²) < 4.78 is 4.57. The second-order valence-corrected chi connectivity index (χ2v) is 4.27. The highest BCUT2D eigenvalue weighted by atomic mass is 16.5. The lowest BCUT2D eigenvalue weighted by molar-refractivity contribution is -0.140. The molecule has 3 nitrogen and oxygen atoms in total. The quantitative estimate of drug-likeness (QED) is 0.330. The standard InChI is InChI=1S/C14H23NO2/c1-13(12-15)10-8-6-4-3-5-7-9-11-14(16)17-2/h1,3-11H2,2H3. The normalized spacial score (nSPS) is 9.65. The summed E-state index contributed by atoms with van der Waals surface area (Å²) >= 11 is 0. The number of nitriles is 1. The van der Waals surface area contributed by atoms with Gasteiger partial charge in [-0.15, -0.1) is 0 Å². The average molecular weight is 237 g/mol. The molecule has 0 radical (unpaired) electrons. The van der Waals surface area contributed by atoms with E-state index in [1.807, 2.05) is 0 Å². The number of esters is 1. The van der Waals surface area contributed by atoms with Crippen LogP contribution in [-0.4, -0.2) is 13.1 Å². The van der Waals surface area contributed by atoms with Crippen molar-refractivity contribution in [1.29, 1.82) is 5.26 Å². The van der Waals surface area contributed by atoms with Crippen LogP contribution in [0.1, 0.15) is 57.8 Å². The molecule has 0 unspecified atom stereocenters. The molecule has 0 spiro atoms. The van der Waals surface area contributed by atoms with Gasteiger partial charge in [-0.25, -0.2) is 0 Å². The van der Waals surface area contributed by atoms with Crippen LogP contribution >= 0.6 is 0 Å². The van der Waals surface area contributed by atoms with Crippen LogP contribution in [0, 0.1) is 11.3 Å². The van der Waals surface area contributed by atoms with Crippen molar-refractivity contribution in [2.24, 2.45) is 0 Å². The van der Waals surface area contributed by atoms with Gasteiger partial charge in [0.15, 0.2) is 0 Å². The summed E-state index contributed by atoms with van der Waals surface area (Å²) in [6, 6.07) is 2.06. The van der Waals surface area contributed by atoms with Gasteiger partial charge in [0.2, 0.25) is 0 Å². The number of ether oxygens (including phenoxy) is 1. The lowest BCUT2D eigenvalue weighted by atomic mass is 10.1. The first-order chi connectivity index (χ1) is 8.20. The van der Waals surface area contributed by atoms with Crippen LogP contribution in [0.2, 0.25) is 0 Å². The average Bonchev–Trinajstić information content (AvgIpc) is 2.35. The van der Waals surface area contributed by atoms with E-state index >= 15 is 0 Å². The van der Waals surface area contributed by atoms with Gasteiger partial charge in [0.05, 0.1) is 13.2 Å². The fourth-order valence-corrected chi connectivity index (χ4v) is 1.65. The van der Waals surface area contributed by atoms with Gasteiger partial charge in [0, 0.05) is 12.0 Å². The van der Waals surface area contributed by atoms with Crippen LogP contribution in [-0.2, 0) is 9.53 Å². The Balaban J connectivity index is 3.12. The fourth-order valence-electron chi connectivity index (χ4n) is 1.65. The Hall–Kier alpha value is -1.30. The first-order valence-corrected chi connectivity index (χ1v) is 6.35. The van der Waals surface area contributed by atoms with Crippen molar-refractivity contribution in [2.45, 2.75) is 57.8 Å². The van der Waals surface area contributed by atoms with Gasteiger partial charge in [-0.1, -0.05) is 38.7 Å². The smallest absolute Gasteiger partial charge is 0.305 e. The number of hydrogen-bond acceptors (Lipinski definition) is 3. The zero-order valence-electron chi connectivity index (χ0n) is 10.8. The van der Waals surface area contributed by atoms with Crippen molar-refractivity contribution in [1.82, 2.24) is 0 Å². The first-order valence-electron chi connectivity index (χ1n) is 6.35. The Morgan fingerprint density at radius 3 is 2.00 bits per heavy atom. The monoisotopic (exact) mass is 237 g/mol. The highest BCUT2D eigenvalue weighted by Gasteiger charge is 1.99. The molecule has 0 aromatic carbocycles. The van der Waals surface area contributed by atoms with Crippen LogP contribution in [0.15, 0.2) is 12.2 Å². The molecule has 0 aliphatic carbocycles. The Kier molecular flexibility index (Phi) is 10.3. The van der Waals surface area contributed by atoms with Crippen molar-refractivity contribution >= 4 is 5.97 Å². The van der Waals surface area contributed by atoms with Crippen molar-refractivity contribution in [3.05, 3.63) is 12.2 Å². The maximum Gasteiger partial charge on any atom is 0.305 e. The number of carbonyl (C=O) groups excluding carboxylic acids is 1. The minimum atomic E-state index is -0.111. The zero-order valence-corrected chi connectivity index (χ0v) is 10.8. The second kappa shape index (κ2) is 11.2. The van der Waals surface area contributed by atoms with E-state index in [2.05, 4.69) is 17.4 Å². The third-order valence-corrected chi connectivity index (χ3v) is 2.75. The van der Waals surface area contributed by atoms with Crippen molar-refractivity contribution in [3.63, 3.8) is 0 Å². The summed E-state index contributed by atoms with van der Waals surface area (Å²) in [5, 5.41) is 8.51. The van der Waals surface area contributed by atoms with Crippen LogP contribution in [0.4, 0.5) is 0 Å². The van der Waals surface area contributed by atoms with E-state index in [4.69, 9.17) is 5.26 Å². The van der Waals surface area contributed by atoms with Crippen LogP contribution < -0.4 is 0 Å². The minimum absolute atomic E-state index is 0.111. The number of carbonyl (C=O) groups is 1. The summed E-state index contributed by atoms with van der Waals surface area (Å²) in [7, 11) is 1.43. The van der Waals surface area contributed by atoms with Gasteiger partial charge >= 0.3 is 5.97 Å². The Bertz CT molecular complexity index is 266. The van der Waals surface area contributed by atoms with E-state index in [0.29, 0.717) is 12.0 Å². The molecule has 96 valence electrons. The topological polar surface area (TPSA) is 50.1 Å². The zero-order chi connectivity index (χ0) is 12.9. The molecule has 3 heteroatoms. The summed E-state index contributed by atoms with van der Waals surface area (Å²) in [4.78, 5) is 10.8. The Morgan fingerprint density at radius 2 is 1.53 bits per heavy atom. The lowest BCUT2D eigenvalue weighted by Crippen LogP contribution is -1.99. The molecular formula is C14H23NO2.